The molecule has 1 heterocycles. The van der Waals surface area contributed by atoms with Crippen LogP contribution in [0.25, 0.3) is 0 Å². The largest absolute Gasteiger partial charge is 0.491 e. The Morgan fingerprint density at radius 3 is 2.74 bits per heavy atom. The monoisotopic (exact) mass is 273 g/mol. The van der Waals surface area contributed by atoms with Crippen LogP contribution >= 0.6 is 11.6 Å². The molecule has 98 valence electrons. The maximum absolute atomic E-state index is 6.03. The molecule has 0 bridgehead atoms. The van der Waals surface area contributed by atoms with E-state index in [0.717, 1.165) is 18.8 Å². The maximum atomic E-state index is 6.03. The van der Waals surface area contributed by atoms with Gasteiger partial charge in [-0.3, -0.25) is 0 Å². The van der Waals surface area contributed by atoms with Crippen molar-refractivity contribution in [3.63, 3.8) is 0 Å². The lowest BCUT2D eigenvalue weighted by atomic mass is 10.1. The zero-order valence-electron chi connectivity index (χ0n) is 10.7. The van der Waals surface area contributed by atoms with E-state index >= 15 is 0 Å². The first-order valence-electron chi connectivity index (χ1n) is 6.48. The molecule has 2 nitrogen and oxygen atoms in total. The molecule has 1 aliphatic rings. The molecule has 0 atom stereocenters. The van der Waals surface area contributed by atoms with E-state index < -0.39 is 0 Å². The third-order valence-electron chi connectivity index (χ3n) is 3.43. The Bertz CT molecular complexity index is 570. The van der Waals surface area contributed by atoms with Crippen LogP contribution in [0.15, 0.2) is 48.5 Å². The van der Waals surface area contributed by atoms with E-state index in [1.165, 1.54) is 16.8 Å². The summed E-state index contributed by atoms with van der Waals surface area (Å²) in [6.07, 6.45) is 0. The fourth-order valence-corrected chi connectivity index (χ4v) is 2.69. The number of nitrogens with zero attached hydrogens (tertiary/aromatic N) is 1. The van der Waals surface area contributed by atoms with Gasteiger partial charge in [0.05, 0.1) is 6.54 Å². The van der Waals surface area contributed by atoms with Crippen LogP contribution < -0.4 is 9.64 Å². The van der Waals surface area contributed by atoms with Crippen LogP contribution in [0.5, 0.6) is 5.75 Å². The first-order valence-corrected chi connectivity index (χ1v) is 7.01. The van der Waals surface area contributed by atoms with Crippen molar-refractivity contribution in [1.29, 1.82) is 0 Å². The van der Waals surface area contributed by atoms with E-state index in [9.17, 15) is 0 Å². The molecule has 1 aliphatic heterocycles. The number of hydrogen-bond acceptors (Lipinski definition) is 2. The number of ether oxygens (including phenoxy) is 1. The van der Waals surface area contributed by atoms with Crippen molar-refractivity contribution in [1.82, 2.24) is 0 Å². The van der Waals surface area contributed by atoms with E-state index in [-0.39, 0.29) is 0 Å². The number of halogens is 1. The summed E-state index contributed by atoms with van der Waals surface area (Å²) >= 11 is 6.03. The highest BCUT2D eigenvalue weighted by atomic mass is 35.5. The van der Waals surface area contributed by atoms with Gasteiger partial charge >= 0.3 is 0 Å². The average Bonchev–Trinajstić information content (AvgIpc) is 2.69. The number of para-hydroxylation sites is 2. The van der Waals surface area contributed by atoms with Gasteiger partial charge in [0.1, 0.15) is 12.4 Å². The summed E-state index contributed by atoms with van der Waals surface area (Å²) < 4.78 is 5.80. The van der Waals surface area contributed by atoms with Gasteiger partial charge in [0.15, 0.2) is 0 Å². The molecule has 0 spiro atoms. The Balaban J connectivity index is 1.94. The summed E-state index contributed by atoms with van der Waals surface area (Å²) in [7, 11) is 0. The number of rotatable bonds is 2. The van der Waals surface area contributed by atoms with Gasteiger partial charge in [-0.2, -0.15) is 0 Å². The molecule has 2 aromatic rings. The van der Waals surface area contributed by atoms with Crippen LogP contribution in [-0.2, 0) is 12.4 Å². The Morgan fingerprint density at radius 2 is 1.84 bits per heavy atom. The predicted molar refractivity (Wildman–Crippen MR) is 79.0 cm³/mol. The number of benzene rings is 2. The summed E-state index contributed by atoms with van der Waals surface area (Å²) in [5.41, 5.74) is 3.60. The summed E-state index contributed by atoms with van der Waals surface area (Å²) in [5.74, 6) is 1.53. The molecule has 0 saturated carbocycles. The van der Waals surface area contributed by atoms with E-state index in [2.05, 4.69) is 35.2 Å². The van der Waals surface area contributed by atoms with E-state index in [4.69, 9.17) is 16.3 Å². The van der Waals surface area contributed by atoms with Crippen molar-refractivity contribution < 1.29 is 4.74 Å². The quantitative estimate of drug-likeness (QED) is 0.771. The third kappa shape index (κ3) is 2.54. The van der Waals surface area contributed by atoms with Crippen molar-refractivity contribution in [3.05, 3.63) is 59.7 Å². The van der Waals surface area contributed by atoms with Gasteiger partial charge in [-0.05, 0) is 17.7 Å². The molecule has 2 aromatic carbocycles. The van der Waals surface area contributed by atoms with Crippen LogP contribution in [0.4, 0.5) is 5.69 Å². The molecule has 0 aromatic heterocycles. The summed E-state index contributed by atoms with van der Waals surface area (Å²) in [6.45, 7) is 2.44. The van der Waals surface area contributed by atoms with Gasteiger partial charge in [-0.25, -0.2) is 0 Å². The van der Waals surface area contributed by atoms with Crippen LogP contribution in [0.1, 0.15) is 11.1 Å². The topological polar surface area (TPSA) is 12.5 Å². The molecule has 0 N–H and O–H groups in total. The number of hydrogen-bond donors (Lipinski definition) is 0. The maximum Gasteiger partial charge on any atom is 0.124 e. The molecular weight excluding hydrogens is 258 g/mol. The lowest BCUT2D eigenvalue weighted by Crippen LogP contribution is -2.26. The Kier molecular flexibility index (Phi) is 3.60. The highest BCUT2D eigenvalue weighted by Gasteiger charge is 2.16. The molecule has 3 rings (SSSR count). The van der Waals surface area contributed by atoms with E-state index in [1.807, 2.05) is 18.2 Å². The zero-order valence-corrected chi connectivity index (χ0v) is 11.4. The van der Waals surface area contributed by atoms with Gasteiger partial charge in [-0.15, -0.1) is 11.6 Å². The Hall–Kier alpha value is -1.67. The Labute approximate surface area is 118 Å². The standard InChI is InChI=1S/C16H16ClNO/c17-11-13-5-1-3-7-15(13)18-9-10-19-16-8-4-2-6-14(16)12-18/h1-8H,9-12H2. The lowest BCUT2D eigenvalue weighted by Gasteiger charge is -2.24. The number of anilines is 1. The number of fused-ring (bicyclic) bond motifs is 1. The molecule has 0 aliphatic carbocycles. The van der Waals surface area contributed by atoms with Gasteiger partial charge in [0.2, 0.25) is 0 Å². The first kappa shape index (κ1) is 12.4. The number of alkyl halides is 1. The van der Waals surface area contributed by atoms with Crippen molar-refractivity contribution in [2.75, 3.05) is 18.1 Å². The van der Waals surface area contributed by atoms with Crippen molar-refractivity contribution >= 4 is 17.3 Å². The average molecular weight is 274 g/mol. The highest BCUT2D eigenvalue weighted by Crippen LogP contribution is 2.28. The summed E-state index contributed by atoms with van der Waals surface area (Å²) in [4.78, 5) is 2.34. The van der Waals surface area contributed by atoms with Crippen LogP contribution in [-0.4, -0.2) is 13.2 Å². The molecule has 0 unspecified atom stereocenters. The van der Waals surface area contributed by atoms with Crippen molar-refractivity contribution in [2.24, 2.45) is 0 Å². The highest BCUT2D eigenvalue weighted by molar-refractivity contribution is 6.17. The molecule has 3 heteroatoms. The predicted octanol–water partition coefficient (Wildman–Crippen LogP) is 3.82. The minimum Gasteiger partial charge on any atom is -0.491 e. The van der Waals surface area contributed by atoms with E-state index in [1.54, 1.807) is 0 Å². The van der Waals surface area contributed by atoms with Gasteiger partial charge in [-0.1, -0.05) is 36.4 Å². The molecule has 19 heavy (non-hydrogen) atoms. The second-order valence-corrected chi connectivity index (χ2v) is 4.91. The fourth-order valence-electron chi connectivity index (χ4n) is 2.46. The van der Waals surface area contributed by atoms with Crippen LogP contribution in [0, 0.1) is 0 Å². The normalized spacial score (nSPS) is 14.5. The van der Waals surface area contributed by atoms with Crippen LogP contribution in [0.3, 0.4) is 0 Å². The Morgan fingerprint density at radius 1 is 1.05 bits per heavy atom. The van der Waals surface area contributed by atoms with Gasteiger partial charge < -0.3 is 9.64 Å². The summed E-state index contributed by atoms with van der Waals surface area (Å²) in [5, 5.41) is 0. The second kappa shape index (κ2) is 5.54. The smallest absolute Gasteiger partial charge is 0.124 e. The molecule has 0 radical (unpaired) electrons. The fraction of sp³-hybridized carbons (Fsp3) is 0.250. The minimum atomic E-state index is 0.537. The third-order valence-corrected chi connectivity index (χ3v) is 3.72. The molecular formula is C16H16ClNO. The van der Waals surface area contributed by atoms with Gasteiger partial charge in [0, 0.05) is 23.7 Å². The lowest BCUT2D eigenvalue weighted by molar-refractivity contribution is 0.331. The van der Waals surface area contributed by atoms with E-state index in [0.29, 0.717) is 12.5 Å². The van der Waals surface area contributed by atoms with Crippen molar-refractivity contribution in [2.45, 2.75) is 12.4 Å². The second-order valence-electron chi connectivity index (χ2n) is 4.64. The van der Waals surface area contributed by atoms with Crippen LogP contribution in [0.2, 0.25) is 0 Å². The zero-order chi connectivity index (χ0) is 13.1. The molecule has 0 fully saturated rings. The first-order chi connectivity index (χ1) is 9.38. The molecule has 0 amide bonds. The molecule has 0 saturated heterocycles. The SMILES string of the molecule is ClCc1ccccc1N1CCOc2ccccc2C1. The summed E-state index contributed by atoms with van der Waals surface area (Å²) in [6, 6.07) is 16.5. The minimum absolute atomic E-state index is 0.537. The van der Waals surface area contributed by atoms with Gasteiger partial charge in [0.25, 0.3) is 0 Å². The van der Waals surface area contributed by atoms with Crippen molar-refractivity contribution in [3.8, 4) is 5.75 Å².